The summed E-state index contributed by atoms with van der Waals surface area (Å²) in [5.74, 6) is 0.967. The Kier molecular flexibility index (Phi) is 4.15. The molecule has 0 spiro atoms. The van der Waals surface area contributed by atoms with Crippen LogP contribution in [0.3, 0.4) is 0 Å². The van der Waals surface area contributed by atoms with Gasteiger partial charge in [0.2, 0.25) is 0 Å². The molecule has 2 aromatic rings. The standard InChI is InChI=1S/C16H18BrNO/c1-10-7-8-11(2)16(12(10)3)19-9-13-5-4-6-14(18)15(13)17/h4-8H,9,18H2,1-3H3. The van der Waals surface area contributed by atoms with Gasteiger partial charge in [0, 0.05) is 15.7 Å². The summed E-state index contributed by atoms with van der Waals surface area (Å²) in [5.41, 5.74) is 11.3. The Balaban J connectivity index is 2.24. The molecule has 0 aromatic heterocycles. The molecule has 0 aliphatic rings. The zero-order valence-corrected chi connectivity index (χ0v) is 13.0. The number of hydrogen-bond donors (Lipinski definition) is 1. The molecule has 0 radical (unpaired) electrons. The number of halogens is 1. The fraction of sp³-hybridized carbons (Fsp3) is 0.250. The molecule has 0 atom stereocenters. The van der Waals surface area contributed by atoms with Gasteiger partial charge in [-0.2, -0.15) is 0 Å². The monoisotopic (exact) mass is 319 g/mol. The number of ether oxygens (including phenoxy) is 1. The third-order valence-electron chi connectivity index (χ3n) is 3.35. The highest BCUT2D eigenvalue weighted by Gasteiger charge is 2.08. The lowest BCUT2D eigenvalue weighted by Gasteiger charge is -2.15. The summed E-state index contributed by atoms with van der Waals surface area (Å²) < 4.78 is 6.90. The minimum absolute atomic E-state index is 0.511. The molecule has 0 fully saturated rings. The minimum Gasteiger partial charge on any atom is -0.488 e. The average Bonchev–Trinajstić information content (AvgIpc) is 2.39. The van der Waals surface area contributed by atoms with E-state index >= 15 is 0 Å². The SMILES string of the molecule is Cc1ccc(C)c(OCc2cccc(N)c2Br)c1C. The van der Waals surface area contributed by atoms with Gasteiger partial charge in [0.05, 0.1) is 0 Å². The Morgan fingerprint density at radius 3 is 2.47 bits per heavy atom. The lowest BCUT2D eigenvalue weighted by atomic mass is 10.1. The lowest BCUT2D eigenvalue weighted by molar-refractivity contribution is 0.301. The predicted octanol–water partition coefficient (Wildman–Crippen LogP) is 4.54. The van der Waals surface area contributed by atoms with E-state index in [1.54, 1.807) is 0 Å². The van der Waals surface area contributed by atoms with Gasteiger partial charge in [-0.25, -0.2) is 0 Å². The van der Waals surface area contributed by atoms with Gasteiger partial charge in [-0.15, -0.1) is 0 Å². The number of benzene rings is 2. The van der Waals surface area contributed by atoms with E-state index in [1.807, 2.05) is 18.2 Å². The quantitative estimate of drug-likeness (QED) is 0.843. The number of nitrogen functional groups attached to an aromatic ring is 1. The molecule has 2 N–H and O–H groups in total. The highest BCUT2D eigenvalue weighted by atomic mass is 79.9. The lowest BCUT2D eigenvalue weighted by Crippen LogP contribution is -2.02. The molecule has 0 amide bonds. The highest BCUT2D eigenvalue weighted by Crippen LogP contribution is 2.29. The summed E-state index contributed by atoms with van der Waals surface area (Å²) in [6, 6.07) is 10.0. The first-order valence-electron chi connectivity index (χ1n) is 6.23. The zero-order valence-electron chi connectivity index (χ0n) is 11.5. The summed E-state index contributed by atoms with van der Waals surface area (Å²) in [7, 11) is 0. The first kappa shape index (κ1) is 13.9. The second-order valence-electron chi connectivity index (χ2n) is 4.76. The number of hydrogen-bond acceptors (Lipinski definition) is 2. The van der Waals surface area contributed by atoms with E-state index in [2.05, 4.69) is 48.8 Å². The molecule has 0 aliphatic carbocycles. The van der Waals surface area contributed by atoms with E-state index in [9.17, 15) is 0 Å². The number of aryl methyl sites for hydroxylation is 2. The average molecular weight is 320 g/mol. The molecule has 0 saturated carbocycles. The Morgan fingerprint density at radius 2 is 1.74 bits per heavy atom. The molecule has 2 aromatic carbocycles. The van der Waals surface area contributed by atoms with Crippen molar-refractivity contribution < 1.29 is 4.74 Å². The van der Waals surface area contributed by atoms with E-state index in [1.165, 1.54) is 11.1 Å². The molecule has 0 heterocycles. The van der Waals surface area contributed by atoms with Crippen LogP contribution in [0.4, 0.5) is 5.69 Å². The van der Waals surface area contributed by atoms with Gasteiger partial charge in [-0.05, 0) is 59.5 Å². The Morgan fingerprint density at radius 1 is 1.05 bits per heavy atom. The summed E-state index contributed by atoms with van der Waals surface area (Å²) >= 11 is 3.50. The van der Waals surface area contributed by atoms with Crippen molar-refractivity contribution in [3.8, 4) is 5.75 Å². The van der Waals surface area contributed by atoms with Gasteiger partial charge in [0.25, 0.3) is 0 Å². The van der Waals surface area contributed by atoms with Crippen molar-refractivity contribution in [2.75, 3.05) is 5.73 Å². The van der Waals surface area contributed by atoms with Crippen molar-refractivity contribution in [3.63, 3.8) is 0 Å². The van der Waals surface area contributed by atoms with Crippen molar-refractivity contribution in [1.82, 2.24) is 0 Å². The van der Waals surface area contributed by atoms with Gasteiger partial charge >= 0.3 is 0 Å². The van der Waals surface area contributed by atoms with Crippen LogP contribution >= 0.6 is 15.9 Å². The van der Waals surface area contributed by atoms with Gasteiger partial charge in [0.15, 0.2) is 0 Å². The molecule has 0 unspecified atom stereocenters. The molecule has 0 bridgehead atoms. The van der Waals surface area contributed by atoms with Crippen LogP contribution in [-0.2, 0) is 6.61 Å². The minimum atomic E-state index is 0.511. The highest BCUT2D eigenvalue weighted by molar-refractivity contribution is 9.10. The second kappa shape index (κ2) is 5.66. The fourth-order valence-electron chi connectivity index (χ4n) is 2.01. The second-order valence-corrected chi connectivity index (χ2v) is 5.56. The van der Waals surface area contributed by atoms with E-state index in [0.29, 0.717) is 6.61 Å². The van der Waals surface area contributed by atoms with Gasteiger partial charge in [0.1, 0.15) is 12.4 Å². The van der Waals surface area contributed by atoms with Crippen molar-refractivity contribution in [2.24, 2.45) is 0 Å². The van der Waals surface area contributed by atoms with Crippen molar-refractivity contribution in [3.05, 3.63) is 57.1 Å². The van der Waals surface area contributed by atoms with E-state index in [-0.39, 0.29) is 0 Å². The van der Waals surface area contributed by atoms with Crippen LogP contribution in [0.5, 0.6) is 5.75 Å². The molecule has 19 heavy (non-hydrogen) atoms. The van der Waals surface area contributed by atoms with Crippen LogP contribution in [0.25, 0.3) is 0 Å². The third kappa shape index (κ3) is 2.92. The van der Waals surface area contributed by atoms with Gasteiger partial charge in [-0.3, -0.25) is 0 Å². The molecule has 2 nitrogen and oxygen atoms in total. The van der Waals surface area contributed by atoms with Crippen molar-refractivity contribution in [2.45, 2.75) is 27.4 Å². The number of nitrogens with two attached hydrogens (primary N) is 1. The Bertz CT molecular complexity index is 608. The number of rotatable bonds is 3. The summed E-state index contributed by atoms with van der Waals surface area (Å²) in [6.07, 6.45) is 0. The number of anilines is 1. The van der Waals surface area contributed by atoms with Crippen molar-refractivity contribution >= 4 is 21.6 Å². The van der Waals surface area contributed by atoms with E-state index in [4.69, 9.17) is 10.5 Å². The summed E-state index contributed by atoms with van der Waals surface area (Å²) in [6.45, 7) is 6.76. The zero-order chi connectivity index (χ0) is 14.0. The smallest absolute Gasteiger partial charge is 0.125 e. The molecule has 0 aliphatic heterocycles. The normalized spacial score (nSPS) is 10.5. The Labute approximate surface area is 122 Å². The van der Waals surface area contributed by atoms with Crippen molar-refractivity contribution in [1.29, 1.82) is 0 Å². The third-order valence-corrected chi connectivity index (χ3v) is 4.32. The maximum absolute atomic E-state index is 5.98. The first-order valence-corrected chi connectivity index (χ1v) is 7.02. The van der Waals surface area contributed by atoms with Crippen LogP contribution < -0.4 is 10.5 Å². The first-order chi connectivity index (χ1) is 9.00. The Hall–Kier alpha value is -1.48. The maximum Gasteiger partial charge on any atom is 0.125 e. The maximum atomic E-state index is 5.98. The predicted molar refractivity (Wildman–Crippen MR) is 83.5 cm³/mol. The van der Waals surface area contributed by atoms with Crippen LogP contribution in [-0.4, -0.2) is 0 Å². The molecule has 0 saturated heterocycles. The topological polar surface area (TPSA) is 35.2 Å². The summed E-state index contributed by atoms with van der Waals surface area (Å²) in [5, 5.41) is 0. The molecule has 100 valence electrons. The van der Waals surface area contributed by atoms with Crippen LogP contribution in [0, 0.1) is 20.8 Å². The van der Waals surface area contributed by atoms with Crippen LogP contribution in [0.2, 0.25) is 0 Å². The van der Waals surface area contributed by atoms with Crippen LogP contribution in [0.1, 0.15) is 22.3 Å². The molecule has 2 rings (SSSR count). The van der Waals surface area contributed by atoms with E-state index in [0.717, 1.165) is 27.0 Å². The van der Waals surface area contributed by atoms with Crippen LogP contribution in [0.15, 0.2) is 34.8 Å². The largest absolute Gasteiger partial charge is 0.488 e. The molecular formula is C16H18BrNO. The molecule has 3 heteroatoms. The van der Waals surface area contributed by atoms with E-state index < -0.39 is 0 Å². The van der Waals surface area contributed by atoms with Gasteiger partial charge in [-0.1, -0.05) is 24.3 Å². The molecular weight excluding hydrogens is 302 g/mol. The fourth-order valence-corrected chi connectivity index (χ4v) is 2.39. The van der Waals surface area contributed by atoms with Gasteiger partial charge < -0.3 is 10.5 Å². The summed E-state index contributed by atoms with van der Waals surface area (Å²) in [4.78, 5) is 0.